The van der Waals surface area contributed by atoms with Gasteiger partial charge in [0, 0.05) is 5.56 Å². The summed E-state index contributed by atoms with van der Waals surface area (Å²) in [7, 11) is 0. The van der Waals surface area contributed by atoms with Crippen molar-refractivity contribution in [2.75, 3.05) is 6.61 Å². The molecule has 0 unspecified atom stereocenters. The first kappa shape index (κ1) is 32.3. The smallest absolute Gasteiger partial charge is 0.419 e. The highest BCUT2D eigenvalue weighted by atomic mass is 19.4. The minimum atomic E-state index is -4.78. The summed E-state index contributed by atoms with van der Waals surface area (Å²) in [4.78, 5) is 39.1. The van der Waals surface area contributed by atoms with Gasteiger partial charge in [0.2, 0.25) is 0 Å². The third-order valence-corrected chi connectivity index (χ3v) is 6.09. The van der Waals surface area contributed by atoms with Crippen LogP contribution in [0.1, 0.15) is 75.4 Å². The molecule has 0 radical (unpaired) electrons. The molecule has 2 aromatic rings. The maximum atomic E-state index is 13.8. The van der Waals surface area contributed by atoms with Crippen LogP contribution < -0.4 is 15.6 Å². The Bertz CT molecular complexity index is 1300. The zero-order valence-corrected chi connectivity index (χ0v) is 24.3. The molecule has 2 aromatic carbocycles. The molecule has 0 spiro atoms. The van der Waals surface area contributed by atoms with E-state index in [1.807, 2.05) is 30.3 Å². The number of hydrazine groups is 1. The Morgan fingerprint density at radius 3 is 2.24 bits per heavy atom. The average molecular weight is 592 g/mol. The van der Waals surface area contributed by atoms with E-state index in [1.165, 1.54) is 19.4 Å². The highest BCUT2D eigenvalue weighted by Gasteiger charge is 2.45. The summed E-state index contributed by atoms with van der Waals surface area (Å²) in [6.07, 6.45) is -1.53. The Morgan fingerprint density at radius 2 is 1.60 bits per heavy atom. The summed E-state index contributed by atoms with van der Waals surface area (Å²) in [5.41, 5.74) is 1.49. The molecule has 3 rings (SSSR count). The van der Waals surface area contributed by atoms with E-state index in [2.05, 4.69) is 10.9 Å². The molecular formula is C30H36F3N3O6. The molecule has 0 aromatic heterocycles. The fourth-order valence-electron chi connectivity index (χ4n) is 4.08. The summed E-state index contributed by atoms with van der Waals surface area (Å²) in [6, 6.07) is 12.8. The summed E-state index contributed by atoms with van der Waals surface area (Å²) >= 11 is 0. The normalized spacial score (nSPS) is 14.5. The molecule has 1 heterocycles. The first-order chi connectivity index (χ1) is 19.6. The highest BCUT2D eigenvalue weighted by Crippen LogP contribution is 2.37. The Kier molecular flexibility index (Phi) is 10.1. The second kappa shape index (κ2) is 13.2. The van der Waals surface area contributed by atoms with E-state index in [0.29, 0.717) is 12.5 Å². The van der Waals surface area contributed by atoms with Crippen LogP contribution in [0.25, 0.3) is 0 Å². The van der Waals surface area contributed by atoms with Crippen LogP contribution in [-0.4, -0.2) is 40.7 Å². The topological polar surface area (TPSA) is 106 Å². The standard InChI is InChI=1S/C30H36F3N3O6/c1-28(2,3)42-27(39)36-23(19-41-29(36,4)5)26(38)35-34-25(37)21-15-16-24(22(18-21)30(31,32)33)40-17-11-7-10-14-20-12-8-6-9-13-20/h6,8-9,12-13,15-16,18-19H,7,10-11,14,17H2,1-5H3,(H,34,37)(H,35,38). The molecule has 0 atom stereocenters. The van der Waals surface area contributed by atoms with Crippen molar-refractivity contribution in [3.63, 3.8) is 0 Å². The average Bonchev–Trinajstić information content (AvgIpc) is 3.23. The van der Waals surface area contributed by atoms with Gasteiger partial charge in [-0.1, -0.05) is 30.3 Å². The quantitative estimate of drug-likeness (QED) is 0.270. The molecule has 3 amide bonds. The Labute approximate surface area is 243 Å². The first-order valence-corrected chi connectivity index (χ1v) is 13.5. The first-order valence-electron chi connectivity index (χ1n) is 13.5. The molecule has 0 fully saturated rings. The molecule has 0 aliphatic carbocycles. The van der Waals surface area contributed by atoms with Crippen LogP contribution >= 0.6 is 0 Å². The fraction of sp³-hybridized carbons (Fsp3) is 0.433. The van der Waals surface area contributed by atoms with E-state index in [-0.39, 0.29) is 17.9 Å². The van der Waals surface area contributed by atoms with Gasteiger partial charge in [-0.25, -0.2) is 9.69 Å². The van der Waals surface area contributed by atoms with Crippen LogP contribution in [0.3, 0.4) is 0 Å². The molecule has 2 N–H and O–H groups in total. The van der Waals surface area contributed by atoms with Gasteiger partial charge < -0.3 is 14.2 Å². The van der Waals surface area contributed by atoms with E-state index >= 15 is 0 Å². The number of carbonyl (C=O) groups excluding carboxylic acids is 3. The van der Waals surface area contributed by atoms with Gasteiger partial charge in [0.25, 0.3) is 11.8 Å². The number of aryl methyl sites for hydroxylation is 1. The van der Waals surface area contributed by atoms with E-state index in [9.17, 15) is 27.6 Å². The Morgan fingerprint density at radius 1 is 0.929 bits per heavy atom. The third-order valence-electron chi connectivity index (χ3n) is 6.09. The SMILES string of the molecule is CC(C)(C)OC(=O)N1C(C(=O)NNC(=O)c2ccc(OCCCCCc3ccccc3)c(C(F)(F)F)c2)=COC1(C)C. The zero-order valence-electron chi connectivity index (χ0n) is 24.3. The van der Waals surface area contributed by atoms with E-state index in [4.69, 9.17) is 14.2 Å². The molecule has 0 saturated carbocycles. The Balaban J connectivity index is 1.58. The summed E-state index contributed by atoms with van der Waals surface area (Å²) in [6.45, 7) is 8.09. The van der Waals surface area contributed by atoms with Crippen molar-refractivity contribution in [1.82, 2.24) is 15.8 Å². The highest BCUT2D eigenvalue weighted by molar-refractivity contribution is 6.00. The minimum Gasteiger partial charge on any atom is -0.493 e. The van der Waals surface area contributed by atoms with Crippen LogP contribution in [0.5, 0.6) is 5.75 Å². The second-order valence-electron chi connectivity index (χ2n) is 11.1. The van der Waals surface area contributed by atoms with Crippen molar-refractivity contribution in [3.8, 4) is 5.75 Å². The number of benzene rings is 2. The number of amides is 3. The van der Waals surface area contributed by atoms with Crippen molar-refractivity contribution in [1.29, 1.82) is 0 Å². The summed E-state index contributed by atoms with van der Waals surface area (Å²) < 4.78 is 57.5. The van der Waals surface area contributed by atoms with Crippen LogP contribution in [0.2, 0.25) is 0 Å². The lowest BCUT2D eigenvalue weighted by molar-refractivity contribution is -0.139. The van der Waals surface area contributed by atoms with Gasteiger partial charge in [0.05, 0.1) is 12.2 Å². The van der Waals surface area contributed by atoms with Gasteiger partial charge in [-0.05, 0) is 84.1 Å². The maximum Gasteiger partial charge on any atom is 0.419 e. The number of hydrogen-bond donors (Lipinski definition) is 2. The number of hydrogen-bond acceptors (Lipinski definition) is 6. The molecule has 228 valence electrons. The lowest BCUT2D eigenvalue weighted by atomic mass is 10.1. The van der Waals surface area contributed by atoms with Crippen molar-refractivity contribution in [2.24, 2.45) is 0 Å². The van der Waals surface area contributed by atoms with Gasteiger partial charge >= 0.3 is 12.3 Å². The van der Waals surface area contributed by atoms with Crippen LogP contribution in [0.15, 0.2) is 60.5 Å². The number of halogens is 3. The minimum absolute atomic E-state index is 0.0845. The monoisotopic (exact) mass is 591 g/mol. The van der Waals surface area contributed by atoms with Crippen molar-refractivity contribution >= 4 is 17.9 Å². The number of nitrogens with zero attached hydrogens (tertiary/aromatic N) is 1. The third kappa shape index (κ3) is 8.89. The van der Waals surface area contributed by atoms with Crippen molar-refractivity contribution in [3.05, 3.63) is 77.2 Å². The number of ether oxygens (including phenoxy) is 3. The molecule has 12 heteroatoms. The number of carbonyl (C=O) groups is 3. The van der Waals surface area contributed by atoms with Crippen molar-refractivity contribution in [2.45, 2.75) is 77.8 Å². The number of alkyl halides is 3. The van der Waals surface area contributed by atoms with E-state index < -0.39 is 46.7 Å². The van der Waals surface area contributed by atoms with Crippen LogP contribution in [-0.2, 0) is 26.9 Å². The van der Waals surface area contributed by atoms with Gasteiger partial charge in [-0.2, -0.15) is 13.2 Å². The second-order valence-corrected chi connectivity index (χ2v) is 11.1. The molecule has 9 nitrogen and oxygen atoms in total. The number of rotatable bonds is 9. The predicted molar refractivity (Wildman–Crippen MR) is 148 cm³/mol. The maximum absolute atomic E-state index is 13.8. The van der Waals surface area contributed by atoms with Gasteiger partial charge in [0.1, 0.15) is 17.6 Å². The van der Waals surface area contributed by atoms with Gasteiger partial charge in [0.15, 0.2) is 11.4 Å². The molecule has 0 bridgehead atoms. The molecule has 1 aliphatic rings. The van der Waals surface area contributed by atoms with Gasteiger partial charge in [-0.15, -0.1) is 0 Å². The largest absolute Gasteiger partial charge is 0.493 e. The van der Waals surface area contributed by atoms with Crippen molar-refractivity contribution < 1.29 is 41.8 Å². The molecule has 42 heavy (non-hydrogen) atoms. The Hall–Kier alpha value is -4.22. The summed E-state index contributed by atoms with van der Waals surface area (Å²) in [5.74, 6) is -2.35. The van der Waals surface area contributed by atoms with Gasteiger partial charge in [-0.3, -0.25) is 20.4 Å². The predicted octanol–water partition coefficient (Wildman–Crippen LogP) is 6.10. The van der Waals surface area contributed by atoms with Crippen LogP contribution in [0, 0.1) is 0 Å². The van der Waals surface area contributed by atoms with E-state index in [1.54, 1.807) is 20.8 Å². The molecular weight excluding hydrogens is 555 g/mol. The number of unbranched alkanes of at least 4 members (excludes halogenated alkanes) is 2. The fourth-order valence-corrected chi connectivity index (χ4v) is 4.08. The zero-order chi connectivity index (χ0) is 31.1. The number of nitrogens with one attached hydrogen (secondary N) is 2. The lowest BCUT2D eigenvalue weighted by Crippen LogP contribution is -2.51. The molecule has 1 aliphatic heterocycles. The summed E-state index contributed by atoms with van der Waals surface area (Å²) in [5, 5.41) is 0. The van der Waals surface area contributed by atoms with E-state index in [0.717, 1.165) is 42.6 Å². The lowest BCUT2D eigenvalue weighted by Gasteiger charge is -2.33. The van der Waals surface area contributed by atoms with Crippen LogP contribution in [0.4, 0.5) is 18.0 Å². The molecule has 0 saturated heterocycles.